The Morgan fingerprint density at radius 2 is 1.69 bits per heavy atom. The highest BCUT2D eigenvalue weighted by Gasteiger charge is 2.36. The summed E-state index contributed by atoms with van der Waals surface area (Å²) >= 11 is 9.35. The van der Waals surface area contributed by atoms with Gasteiger partial charge in [-0.25, -0.2) is 14.1 Å². The van der Waals surface area contributed by atoms with E-state index in [9.17, 15) is 18.8 Å². The third-order valence-electron chi connectivity index (χ3n) is 4.91. The third kappa shape index (κ3) is 4.49. The first kappa shape index (κ1) is 21.9. The van der Waals surface area contributed by atoms with Crippen LogP contribution in [0.4, 0.5) is 14.9 Å². The Labute approximate surface area is 196 Å². The topological polar surface area (TPSA) is 66.5 Å². The van der Waals surface area contributed by atoms with Gasteiger partial charge in [-0.3, -0.25) is 14.9 Å². The quantitative estimate of drug-likeness (QED) is 0.370. The van der Waals surface area contributed by atoms with Crippen LogP contribution < -0.4 is 10.2 Å². The summed E-state index contributed by atoms with van der Waals surface area (Å²) in [5.74, 6) is -1.81. The van der Waals surface area contributed by atoms with Crippen molar-refractivity contribution in [1.82, 2.24) is 5.32 Å². The first-order chi connectivity index (χ1) is 15.3. The highest BCUT2D eigenvalue weighted by molar-refractivity contribution is 9.10. The molecule has 5 nitrogen and oxygen atoms in total. The van der Waals surface area contributed by atoms with Crippen LogP contribution >= 0.6 is 27.5 Å². The van der Waals surface area contributed by atoms with Gasteiger partial charge in [0.15, 0.2) is 0 Å². The van der Waals surface area contributed by atoms with Crippen LogP contribution in [0.15, 0.2) is 76.8 Å². The van der Waals surface area contributed by atoms with Crippen molar-refractivity contribution in [1.29, 1.82) is 0 Å². The van der Waals surface area contributed by atoms with Gasteiger partial charge in [0.1, 0.15) is 11.4 Å². The molecule has 3 aromatic carbocycles. The predicted molar refractivity (Wildman–Crippen MR) is 124 cm³/mol. The number of carbonyl (C=O) groups excluding carboxylic acids is 3. The zero-order chi connectivity index (χ0) is 22.8. The summed E-state index contributed by atoms with van der Waals surface area (Å²) in [6.45, 7) is 0. The summed E-state index contributed by atoms with van der Waals surface area (Å²) in [6, 6.07) is 17.0. The molecule has 0 radical (unpaired) electrons. The smallest absolute Gasteiger partial charge is 0.273 e. The van der Waals surface area contributed by atoms with E-state index in [1.165, 1.54) is 24.3 Å². The zero-order valence-corrected chi connectivity index (χ0v) is 18.8. The second kappa shape index (κ2) is 9.06. The summed E-state index contributed by atoms with van der Waals surface area (Å²) in [5, 5.41) is 2.63. The van der Waals surface area contributed by atoms with Crippen LogP contribution in [0, 0.1) is 5.82 Å². The van der Waals surface area contributed by atoms with Crippen LogP contribution in [0.2, 0.25) is 5.02 Å². The van der Waals surface area contributed by atoms with Crippen LogP contribution in [-0.4, -0.2) is 17.8 Å². The monoisotopic (exact) mass is 512 g/mol. The Morgan fingerprint density at radius 1 is 0.969 bits per heavy atom. The molecule has 32 heavy (non-hydrogen) atoms. The van der Waals surface area contributed by atoms with E-state index in [1.807, 2.05) is 0 Å². The van der Waals surface area contributed by atoms with Crippen LogP contribution in [-0.2, 0) is 16.0 Å². The number of urea groups is 1. The number of anilines is 1. The van der Waals surface area contributed by atoms with Crippen LogP contribution in [0.5, 0.6) is 0 Å². The highest BCUT2D eigenvalue weighted by atomic mass is 79.9. The molecule has 3 aromatic rings. The fourth-order valence-electron chi connectivity index (χ4n) is 3.29. The molecule has 4 amide bonds. The standard InChI is InChI=1S/C24H15BrClFN2O3/c25-20-12-14(5-6-15(20)13-16-3-1-2-4-21(16)27)11-19-22(30)28-24(32)29(23(19)31)18-9-7-17(26)8-10-18/h1-12H,13H2,(H,28,30,32)/b19-11+. The molecule has 4 rings (SSSR count). The van der Waals surface area contributed by atoms with Crippen molar-refractivity contribution in [3.8, 4) is 0 Å². The predicted octanol–water partition coefficient (Wildman–Crippen LogP) is 5.50. The van der Waals surface area contributed by atoms with Crippen LogP contribution in [0.25, 0.3) is 6.08 Å². The number of benzene rings is 3. The first-order valence-corrected chi connectivity index (χ1v) is 10.7. The maximum absolute atomic E-state index is 14.0. The molecule has 160 valence electrons. The average molecular weight is 514 g/mol. The van der Waals surface area contributed by atoms with E-state index in [0.29, 0.717) is 27.0 Å². The Bertz CT molecular complexity index is 1270. The van der Waals surface area contributed by atoms with Crippen molar-refractivity contribution in [3.63, 3.8) is 0 Å². The molecule has 1 N–H and O–H groups in total. The molecule has 0 bridgehead atoms. The van der Waals surface area contributed by atoms with Gasteiger partial charge < -0.3 is 0 Å². The van der Waals surface area contributed by atoms with Crippen molar-refractivity contribution < 1.29 is 18.8 Å². The van der Waals surface area contributed by atoms with E-state index in [0.717, 1.165) is 10.5 Å². The maximum atomic E-state index is 14.0. The van der Waals surface area contributed by atoms with E-state index in [2.05, 4.69) is 21.2 Å². The Hall–Kier alpha value is -3.29. The second-order valence-electron chi connectivity index (χ2n) is 7.05. The number of carbonyl (C=O) groups is 3. The summed E-state index contributed by atoms with van der Waals surface area (Å²) in [7, 11) is 0. The lowest BCUT2D eigenvalue weighted by Crippen LogP contribution is -2.54. The highest BCUT2D eigenvalue weighted by Crippen LogP contribution is 2.26. The van der Waals surface area contributed by atoms with Gasteiger partial charge in [-0.05, 0) is 59.2 Å². The molecule has 0 unspecified atom stereocenters. The summed E-state index contributed by atoms with van der Waals surface area (Å²) in [6.07, 6.45) is 1.78. The van der Waals surface area contributed by atoms with Gasteiger partial charge in [-0.15, -0.1) is 0 Å². The molecule has 0 atom stereocenters. The van der Waals surface area contributed by atoms with Crippen molar-refractivity contribution in [2.75, 3.05) is 4.90 Å². The van der Waals surface area contributed by atoms with Gasteiger partial charge in [-0.1, -0.05) is 57.9 Å². The van der Waals surface area contributed by atoms with Crippen molar-refractivity contribution in [2.24, 2.45) is 0 Å². The first-order valence-electron chi connectivity index (χ1n) is 9.52. The van der Waals surface area contributed by atoms with Gasteiger partial charge in [0.2, 0.25) is 0 Å². The minimum absolute atomic E-state index is 0.187. The summed E-state index contributed by atoms with van der Waals surface area (Å²) in [4.78, 5) is 38.5. The number of barbiturate groups is 1. The van der Waals surface area contributed by atoms with E-state index < -0.39 is 17.8 Å². The SMILES string of the molecule is O=C1NC(=O)N(c2ccc(Cl)cc2)C(=O)/C1=C/c1ccc(Cc2ccccc2F)c(Br)c1. The van der Waals surface area contributed by atoms with E-state index in [4.69, 9.17) is 11.6 Å². The Kier molecular flexibility index (Phi) is 6.21. The molecule has 1 saturated heterocycles. The molecule has 8 heteroatoms. The molecule has 0 aromatic heterocycles. The molecular formula is C24H15BrClFN2O3. The van der Waals surface area contributed by atoms with Gasteiger partial charge >= 0.3 is 6.03 Å². The molecule has 0 saturated carbocycles. The Morgan fingerprint density at radius 3 is 2.38 bits per heavy atom. The van der Waals surface area contributed by atoms with Gasteiger partial charge in [-0.2, -0.15) is 0 Å². The fourth-order valence-corrected chi connectivity index (χ4v) is 3.96. The molecule has 1 aliphatic heterocycles. The van der Waals surface area contributed by atoms with Gasteiger partial charge in [0, 0.05) is 15.9 Å². The fraction of sp³-hybridized carbons (Fsp3) is 0.0417. The van der Waals surface area contributed by atoms with Crippen molar-refractivity contribution >= 4 is 57.1 Å². The van der Waals surface area contributed by atoms with Gasteiger partial charge in [0.05, 0.1) is 5.69 Å². The molecule has 1 heterocycles. The third-order valence-corrected chi connectivity index (χ3v) is 5.90. The number of hydrogen-bond donors (Lipinski definition) is 1. The second-order valence-corrected chi connectivity index (χ2v) is 8.34. The zero-order valence-electron chi connectivity index (χ0n) is 16.4. The summed E-state index contributed by atoms with van der Waals surface area (Å²) < 4.78 is 14.7. The van der Waals surface area contributed by atoms with Crippen LogP contribution in [0.3, 0.4) is 0 Å². The maximum Gasteiger partial charge on any atom is 0.335 e. The largest absolute Gasteiger partial charge is 0.335 e. The van der Waals surface area contributed by atoms with E-state index in [-0.39, 0.29) is 17.1 Å². The Balaban J connectivity index is 1.63. The summed E-state index contributed by atoms with van der Waals surface area (Å²) in [5.41, 5.74) is 2.07. The molecule has 0 spiro atoms. The minimum Gasteiger partial charge on any atom is -0.273 e. The van der Waals surface area contributed by atoms with Crippen molar-refractivity contribution in [2.45, 2.75) is 6.42 Å². The number of imide groups is 2. The minimum atomic E-state index is -0.833. The lowest BCUT2D eigenvalue weighted by atomic mass is 10.0. The molecule has 1 aliphatic rings. The number of amides is 4. The lowest BCUT2D eigenvalue weighted by Gasteiger charge is -2.26. The number of rotatable bonds is 4. The van der Waals surface area contributed by atoms with Crippen molar-refractivity contribution in [3.05, 3.63) is 104 Å². The number of nitrogens with zero attached hydrogens (tertiary/aromatic N) is 1. The number of nitrogens with one attached hydrogen (secondary N) is 1. The lowest BCUT2D eigenvalue weighted by molar-refractivity contribution is -0.122. The molecule has 0 aliphatic carbocycles. The average Bonchev–Trinajstić information content (AvgIpc) is 2.75. The van der Waals surface area contributed by atoms with E-state index in [1.54, 1.807) is 48.5 Å². The van der Waals surface area contributed by atoms with Crippen LogP contribution in [0.1, 0.15) is 16.7 Å². The van der Waals surface area contributed by atoms with Gasteiger partial charge in [0.25, 0.3) is 11.8 Å². The molecule has 1 fully saturated rings. The number of hydrogen-bond acceptors (Lipinski definition) is 3. The van der Waals surface area contributed by atoms with E-state index >= 15 is 0 Å². The number of halogens is 3. The normalized spacial score (nSPS) is 15.3. The molecular weight excluding hydrogens is 499 g/mol.